The minimum absolute atomic E-state index is 0.321. The van der Waals surface area contributed by atoms with Crippen LogP contribution in [0.2, 0.25) is 0 Å². The van der Waals surface area contributed by atoms with Gasteiger partial charge >= 0.3 is 0 Å². The molecule has 0 unspecified atom stereocenters. The molecule has 0 saturated carbocycles. The van der Waals surface area contributed by atoms with Gasteiger partial charge in [-0.15, -0.1) is 15.3 Å². The summed E-state index contributed by atoms with van der Waals surface area (Å²) >= 11 is 0. The van der Waals surface area contributed by atoms with Crippen LogP contribution in [-0.4, -0.2) is 70.2 Å². The minimum Gasteiger partial charge on any atom is -0.497 e. The first-order valence-electron chi connectivity index (χ1n) is 12.0. The number of hydrogen-bond acceptors (Lipinski definition) is 10. The molecule has 37 heavy (non-hydrogen) atoms. The van der Waals surface area contributed by atoms with E-state index in [1.807, 2.05) is 48.5 Å². The number of benzene rings is 1. The standard InChI is InChI=1S/C26H27N9O2/c1-33(15-17-3-6-19(36-2)7-4-17)26-24-20(13-22(27)30-31-24)21(14-28-26)25-29-23-8-5-18(16-35(23)32-25)34-9-11-37-12-10-34/h3-8,13-14,16H,9-12,15H2,1-2H3,(H2,27,30). The molecule has 6 rings (SSSR count). The number of pyridine rings is 2. The largest absolute Gasteiger partial charge is 0.497 e. The fourth-order valence-corrected chi connectivity index (χ4v) is 4.57. The number of aromatic nitrogens is 6. The zero-order chi connectivity index (χ0) is 25.4. The number of anilines is 3. The Kier molecular flexibility index (Phi) is 5.89. The van der Waals surface area contributed by atoms with Gasteiger partial charge in [-0.2, -0.15) is 0 Å². The molecule has 0 spiro atoms. The van der Waals surface area contributed by atoms with Gasteiger partial charge in [-0.3, -0.25) is 0 Å². The summed E-state index contributed by atoms with van der Waals surface area (Å²) < 4.78 is 12.5. The van der Waals surface area contributed by atoms with E-state index in [0.717, 1.165) is 59.9 Å². The molecule has 1 fully saturated rings. The molecule has 1 saturated heterocycles. The smallest absolute Gasteiger partial charge is 0.184 e. The van der Waals surface area contributed by atoms with Crippen molar-refractivity contribution in [3.8, 4) is 17.1 Å². The highest BCUT2D eigenvalue weighted by molar-refractivity contribution is 5.99. The zero-order valence-corrected chi connectivity index (χ0v) is 20.7. The summed E-state index contributed by atoms with van der Waals surface area (Å²) in [5.74, 6) is 2.38. The lowest BCUT2D eigenvalue weighted by Gasteiger charge is -2.28. The van der Waals surface area contributed by atoms with Gasteiger partial charge in [0.2, 0.25) is 0 Å². The molecule has 0 aliphatic carbocycles. The second-order valence-electron chi connectivity index (χ2n) is 8.96. The van der Waals surface area contributed by atoms with E-state index in [1.54, 1.807) is 23.9 Å². The fraction of sp³-hybridized carbons (Fsp3) is 0.269. The maximum absolute atomic E-state index is 6.04. The molecule has 1 aliphatic heterocycles. The van der Waals surface area contributed by atoms with Gasteiger partial charge in [0.25, 0.3) is 0 Å². The van der Waals surface area contributed by atoms with Crippen LogP contribution in [0.1, 0.15) is 5.56 Å². The molecule has 5 heterocycles. The second-order valence-corrected chi connectivity index (χ2v) is 8.96. The van der Waals surface area contributed by atoms with Crippen molar-refractivity contribution in [2.24, 2.45) is 0 Å². The molecule has 1 aliphatic rings. The number of nitrogens with two attached hydrogens (primary N) is 1. The molecular weight excluding hydrogens is 470 g/mol. The summed E-state index contributed by atoms with van der Waals surface area (Å²) in [4.78, 5) is 13.8. The van der Waals surface area contributed by atoms with E-state index in [4.69, 9.17) is 30.3 Å². The lowest BCUT2D eigenvalue weighted by atomic mass is 10.1. The van der Waals surface area contributed by atoms with E-state index < -0.39 is 0 Å². The van der Waals surface area contributed by atoms with Gasteiger partial charge < -0.3 is 25.0 Å². The van der Waals surface area contributed by atoms with Crippen molar-refractivity contribution in [3.63, 3.8) is 0 Å². The lowest BCUT2D eigenvalue weighted by molar-refractivity contribution is 0.122. The van der Waals surface area contributed by atoms with E-state index >= 15 is 0 Å². The van der Waals surface area contributed by atoms with Crippen molar-refractivity contribution < 1.29 is 9.47 Å². The van der Waals surface area contributed by atoms with Crippen molar-refractivity contribution in [3.05, 3.63) is 60.4 Å². The Morgan fingerprint density at radius 3 is 2.68 bits per heavy atom. The van der Waals surface area contributed by atoms with Gasteiger partial charge in [0, 0.05) is 43.8 Å². The van der Waals surface area contributed by atoms with Crippen molar-refractivity contribution in [1.82, 2.24) is 29.8 Å². The van der Waals surface area contributed by atoms with Gasteiger partial charge in [0.15, 0.2) is 17.3 Å². The summed E-state index contributed by atoms with van der Waals surface area (Å²) in [6.07, 6.45) is 3.78. The summed E-state index contributed by atoms with van der Waals surface area (Å²) in [5, 5.41) is 14.1. The van der Waals surface area contributed by atoms with Crippen molar-refractivity contribution in [1.29, 1.82) is 0 Å². The lowest BCUT2D eigenvalue weighted by Crippen LogP contribution is -2.36. The van der Waals surface area contributed by atoms with E-state index in [1.165, 1.54) is 0 Å². The Morgan fingerprint density at radius 2 is 1.89 bits per heavy atom. The summed E-state index contributed by atoms with van der Waals surface area (Å²) in [5.41, 5.74) is 10.4. The van der Waals surface area contributed by atoms with E-state index in [9.17, 15) is 0 Å². The predicted molar refractivity (Wildman–Crippen MR) is 142 cm³/mol. The second kappa shape index (κ2) is 9.51. The monoisotopic (exact) mass is 497 g/mol. The van der Waals surface area contributed by atoms with Crippen LogP contribution < -0.4 is 20.3 Å². The number of ether oxygens (including phenoxy) is 2. The molecular formula is C26H27N9O2. The zero-order valence-electron chi connectivity index (χ0n) is 20.7. The predicted octanol–water partition coefficient (Wildman–Crippen LogP) is 2.80. The van der Waals surface area contributed by atoms with Crippen molar-refractivity contribution in [2.45, 2.75) is 6.54 Å². The SMILES string of the molecule is COc1ccc(CN(C)c2ncc(-c3nc4ccc(N5CCOCC5)cn4n3)c3cc(N)nnc23)cc1. The minimum atomic E-state index is 0.321. The molecule has 2 N–H and O–H groups in total. The molecule has 0 bridgehead atoms. The molecule has 11 nitrogen and oxygen atoms in total. The van der Waals surface area contributed by atoms with Gasteiger partial charge in [0.1, 0.15) is 17.1 Å². The van der Waals surface area contributed by atoms with Crippen molar-refractivity contribution >= 4 is 33.9 Å². The van der Waals surface area contributed by atoms with Crippen molar-refractivity contribution in [2.75, 3.05) is 56.0 Å². The highest BCUT2D eigenvalue weighted by Gasteiger charge is 2.19. The van der Waals surface area contributed by atoms with Crippen LogP contribution in [-0.2, 0) is 11.3 Å². The van der Waals surface area contributed by atoms with E-state index in [2.05, 4.69) is 21.2 Å². The summed E-state index contributed by atoms with van der Waals surface area (Å²) in [7, 11) is 3.63. The molecule has 11 heteroatoms. The molecule has 5 aromatic rings. The first kappa shape index (κ1) is 22.9. The normalized spacial score (nSPS) is 13.8. The number of hydrogen-bond donors (Lipinski definition) is 1. The third-order valence-electron chi connectivity index (χ3n) is 6.50. The van der Waals surface area contributed by atoms with Crippen LogP contribution in [0, 0.1) is 0 Å². The Balaban J connectivity index is 1.36. The van der Waals surface area contributed by atoms with E-state index in [-0.39, 0.29) is 0 Å². The van der Waals surface area contributed by atoms with Crippen LogP contribution in [0.25, 0.3) is 27.9 Å². The van der Waals surface area contributed by atoms with Gasteiger partial charge in [-0.05, 0) is 35.9 Å². The maximum Gasteiger partial charge on any atom is 0.184 e. The third kappa shape index (κ3) is 4.45. The number of methoxy groups -OCH3 is 1. The van der Waals surface area contributed by atoms with Crippen LogP contribution in [0.4, 0.5) is 17.3 Å². The molecule has 0 amide bonds. The number of morpholine rings is 1. The molecule has 0 radical (unpaired) electrons. The average molecular weight is 498 g/mol. The quantitative estimate of drug-likeness (QED) is 0.375. The Hall–Kier alpha value is -4.51. The van der Waals surface area contributed by atoms with Crippen LogP contribution in [0.15, 0.2) is 54.9 Å². The van der Waals surface area contributed by atoms with Crippen LogP contribution in [0.3, 0.4) is 0 Å². The van der Waals surface area contributed by atoms with Crippen LogP contribution >= 0.6 is 0 Å². The fourth-order valence-electron chi connectivity index (χ4n) is 4.57. The van der Waals surface area contributed by atoms with E-state index in [0.29, 0.717) is 29.5 Å². The third-order valence-corrected chi connectivity index (χ3v) is 6.50. The highest BCUT2D eigenvalue weighted by atomic mass is 16.5. The Labute approximate surface area is 213 Å². The molecule has 4 aromatic heterocycles. The number of fused-ring (bicyclic) bond motifs is 2. The summed E-state index contributed by atoms with van der Waals surface area (Å²) in [6, 6.07) is 13.8. The number of rotatable bonds is 6. The molecule has 0 atom stereocenters. The van der Waals surface area contributed by atoms with Gasteiger partial charge in [-0.1, -0.05) is 12.1 Å². The first-order valence-corrected chi connectivity index (χ1v) is 12.0. The van der Waals surface area contributed by atoms with Gasteiger partial charge in [-0.25, -0.2) is 14.5 Å². The topological polar surface area (TPSA) is 120 Å². The Morgan fingerprint density at radius 1 is 1.08 bits per heavy atom. The molecule has 1 aromatic carbocycles. The first-order chi connectivity index (χ1) is 18.1. The van der Waals surface area contributed by atoms with Gasteiger partial charge in [0.05, 0.1) is 32.2 Å². The highest BCUT2D eigenvalue weighted by Crippen LogP contribution is 2.32. The summed E-state index contributed by atoms with van der Waals surface area (Å²) in [6.45, 7) is 3.78. The molecule has 188 valence electrons. The Bertz CT molecular complexity index is 1560. The maximum atomic E-state index is 6.04. The number of nitrogen functional groups attached to an aromatic ring is 1. The van der Waals surface area contributed by atoms with Crippen LogP contribution in [0.5, 0.6) is 5.75 Å². The average Bonchev–Trinajstić information content (AvgIpc) is 3.36. The number of nitrogens with zero attached hydrogens (tertiary/aromatic N) is 8.